The first-order chi connectivity index (χ1) is 8.25. The average molecular weight is 538 g/mol. The highest BCUT2D eigenvalue weighted by Gasteiger charge is 2.66. The van der Waals surface area contributed by atoms with Crippen LogP contribution < -0.4 is 0 Å². The molecule has 0 saturated heterocycles. The molecule has 0 amide bonds. The molecule has 0 saturated carbocycles. The highest BCUT2D eigenvalue weighted by molar-refractivity contribution is 14.1. The molecular weight excluding hydrogens is 533 g/mol. The minimum Gasteiger partial charge on any atom is -0.444 e. The Labute approximate surface area is 131 Å². The van der Waals surface area contributed by atoms with Crippen LogP contribution in [-0.2, 0) is 19.6 Å². The van der Waals surface area contributed by atoms with Gasteiger partial charge in [0.05, 0.1) is 0 Å². The van der Waals surface area contributed by atoms with Crippen LogP contribution in [0.4, 0.5) is 22.0 Å². The summed E-state index contributed by atoms with van der Waals surface area (Å²) in [4.78, 5) is 11.1. The van der Waals surface area contributed by atoms with E-state index in [0.717, 1.165) is 0 Å². The molecule has 0 spiro atoms. The van der Waals surface area contributed by atoms with Gasteiger partial charge in [0.2, 0.25) is 0 Å². The van der Waals surface area contributed by atoms with Crippen LogP contribution in [-0.4, -0.2) is 44.8 Å². The monoisotopic (exact) mass is 538 g/mol. The molecule has 0 rings (SSSR count). The lowest BCUT2D eigenvalue weighted by atomic mass is 10.3. The Morgan fingerprint density at radius 2 is 1.68 bits per heavy atom. The van der Waals surface area contributed by atoms with Crippen molar-refractivity contribution in [2.75, 3.05) is 4.43 Å². The first-order valence-corrected chi connectivity index (χ1v) is 8.28. The fourth-order valence-electron chi connectivity index (χ4n) is 0.714. The Hall–Kier alpha value is 0.490. The van der Waals surface area contributed by atoms with Gasteiger partial charge >= 0.3 is 27.5 Å². The molecule has 114 valence electrons. The number of hydrogen-bond donors (Lipinski definition) is 1. The van der Waals surface area contributed by atoms with Gasteiger partial charge in [0, 0.05) is 4.43 Å². The summed E-state index contributed by atoms with van der Waals surface area (Å²) in [5.41, 5.74) is 0. The fraction of sp³-hybridized carbons (Fsp3) is 0.833. The molecule has 13 heteroatoms. The number of hydrogen-bond acceptors (Lipinski definition) is 4. The van der Waals surface area contributed by atoms with Crippen molar-refractivity contribution >= 4 is 61.3 Å². The van der Waals surface area contributed by atoms with E-state index in [0.29, 0.717) is 0 Å². The summed E-state index contributed by atoms with van der Waals surface area (Å²) in [5.74, 6) is -1.67. The number of carbonyl (C=O) groups is 1. The van der Waals surface area contributed by atoms with Gasteiger partial charge in [0.15, 0.2) is 0 Å². The zero-order valence-electron chi connectivity index (χ0n) is 8.50. The van der Waals surface area contributed by atoms with Crippen molar-refractivity contribution in [1.82, 2.24) is 0 Å². The zero-order chi connectivity index (χ0) is 15.6. The van der Waals surface area contributed by atoms with E-state index >= 15 is 0 Å². The fourth-order valence-corrected chi connectivity index (χ4v) is 1.67. The lowest BCUT2D eigenvalue weighted by Crippen LogP contribution is -2.52. The standard InChI is InChI=1S/C6H5F5I2O5S/c7-5(8,9)4(6(10,11)19(15,16)17)18-3(14)2(13)1-12/h2,4H,1H2,(H,15,16,17). The summed E-state index contributed by atoms with van der Waals surface area (Å²) in [7, 11) is -6.40. The van der Waals surface area contributed by atoms with Crippen molar-refractivity contribution in [2.24, 2.45) is 0 Å². The van der Waals surface area contributed by atoms with Gasteiger partial charge in [-0.2, -0.15) is 30.4 Å². The van der Waals surface area contributed by atoms with E-state index in [-0.39, 0.29) is 4.43 Å². The Bertz CT molecular complexity index is 436. The molecule has 0 aliphatic carbocycles. The van der Waals surface area contributed by atoms with Crippen molar-refractivity contribution in [3.63, 3.8) is 0 Å². The van der Waals surface area contributed by atoms with Gasteiger partial charge in [0.25, 0.3) is 6.10 Å². The van der Waals surface area contributed by atoms with Crippen LogP contribution in [0.25, 0.3) is 0 Å². The van der Waals surface area contributed by atoms with E-state index in [9.17, 15) is 35.2 Å². The van der Waals surface area contributed by atoms with E-state index in [1.54, 1.807) is 22.6 Å². The van der Waals surface area contributed by atoms with Gasteiger partial charge < -0.3 is 4.74 Å². The summed E-state index contributed by atoms with van der Waals surface area (Å²) in [6.07, 6.45) is -10.1. The highest BCUT2D eigenvalue weighted by Crippen LogP contribution is 2.38. The molecule has 5 nitrogen and oxygen atoms in total. The predicted octanol–water partition coefficient (Wildman–Crippen LogP) is 2.18. The van der Waals surface area contributed by atoms with Gasteiger partial charge in [-0.3, -0.25) is 9.35 Å². The van der Waals surface area contributed by atoms with Crippen LogP contribution in [0.3, 0.4) is 0 Å². The Morgan fingerprint density at radius 1 is 1.26 bits per heavy atom. The van der Waals surface area contributed by atoms with Crippen LogP contribution in [0.15, 0.2) is 0 Å². The van der Waals surface area contributed by atoms with E-state index in [1.807, 2.05) is 0 Å². The third-order valence-electron chi connectivity index (χ3n) is 1.57. The molecule has 0 aliphatic heterocycles. The Kier molecular flexibility index (Phi) is 6.67. The lowest BCUT2D eigenvalue weighted by Gasteiger charge is -2.26. The van der Waals surface area contributed by atoms with Gasteiger partial charge in [-0.05, 0) is 0 Å². The topological polar surface area (TPSA) is 80.7 Å². The molecule has 2 atom stereocenters. The quantitative estimate of drug-likeness (QED) is 0.191. The predicted molar refractivity (Wildman–Crippen MR) is 69.1 cm³/mol. The Balaban J connectivity index is 5.46. The SMILES string of the molecule is O=C(OC(C(F)(F)F)C(F)(F)S(=O)(=O)O)C(I)CI. The highest BCUT2D eigenvalue weighted by atomic mass is 127. The summed E-state index contributed by atoms with van der Waals surface area (Å²) in [5, 5.41) is -5.69. The molecule has 0 aromatic carbocycles. The molecule has 0 heterocycles. The van der Waals surface area contributed by atoms with Gasteiger partial charge in [-0.1, -0.05) is 45.2 Å². The molecule has 1 N–H and O–H groups in total. The van der Waals surface area contributed by atoms with Crippen molar-refractivity contribution < 1.29 is 44.5 Å². The van der Waals surface area contributed by atoms with Crippen LogP contribution >= 0.6 is 45.2 Å². The number of rotatable bonds is 5. The molecule has 2 unspecified atom stereocenters. The summed E-state index contributed by atoms with van der Waals surface area (Å²) >= 11 is 2.92. The van der Waals surface area contributed by atoms with E-state index in [4.69, 9.17) is 4.55 Å². The maximum Gasteiger partial charge on any atom is 0.432 e. The smallest absolute Gasteiger partial charge is 0.432 e. The number of carbonyl (C=O) groups excluding carboxylic acids is 1. The molecule has 0 aliphatic rings. The van der Waals surface area contributed by atoms with Crippen LogP contribution in [0.1, 0.15) is 0 Å². The average Bonchev–Trinajstić information content (AvgIpc) is 2.20. The second-order valence-corrected chi connectivity index (χ2v) is 6.90. The van der Waals surface area contributed by atoms with Crippen LogP contribution in [0, 0.1) is 0 Å². The minimum absolute atomic E-state index is 0.0425. The third kappa shape index (κ3) is 5.07. The molecule has 0 fully saturated rings. The first kappa shape index (κ1) is 19.5. The number of ether oxygens (including phenoxy) is 1. The lowest BCUT2D eigenvalue weighted by molar-refractivity contribution is -0.258. The second-order valence-electron chi connectivity index (χ2n) is 3.02. The molecule has 0 radical (unpaired) electrons. The third-order valence-corrected chi connectivity index (χ3v) is 5.99. The Morgan fingerprint density at radius 3 is 1.95 bits per heavy atom. The van der Waals surface area contributed by atoms with E-state index < -0.39 is 37.5 Å². The molecular formula is C6H5F5I2O5S. The zero-order valence-corrected chi connectivity index (χ0v) is 13.6. The number of halogens is 7. The first-order valence-electron chi connectivity index (χ1n) is 4.07. The van der Waals surface area contributed by atoms with Gasteiger partial charge in [-0.15, -0.1) is 0 Å². The molecule has 0 aromatic heterocycles. The van der Waals surface area contributed by atoms with Crippen LogP contribution in [0.2, 0.25) is 0 Å². The van der Waals surface area contributed by atoms with Crippen molar-refractivity contribution in [2.45, 2.75) is 21.5 Å². The van der Waals surface area contributed by atoms with Crippen molar-refractivity contribution in [1.29, 1.82) is 0 Å². The molecule has 0 aromatic rings. The summed E-state index contributed by atoms with van der Waals surface area (Å²) < 4.78 is 93.9. The molecule has 19 heavy (non-hydrogen) atoms. The molecule has 0 bridgehead atoms. The minimum atomic E-state index is -6.40. The van der Waals surface area contributed by atoms with Crippen molar-refractivity contribution in [3.8, 4) is 0 Å². The van der Waals surface area contributed by atoms with E-state index in [2.05, 4.69) is 4.74 Å². The largest absolute Gasteiger partial charge is 0.444 e. The summed E-state index contributed by atoms with van der Waals surface area (Å²) in [6.45, 7) is 0. The maximum absolute atomic E-state index is 13.0. The maximum atomic E-state index is 13.0. The van der Waals surface area contributed by atoms with Crippen LogP contribution in [0.5, 0.6) is 0 Å². The number of esters is 1. The van der Waals surface area contributed by atoms with E-state index in [1.165, 1.54) is 22.6 Å². The van der Waals surface area contributed by atoms with Gasteiger partial charge in [0.1, 0.15) is 3.92 Å². The van der Waals surface area contributed by atoms with Crippen molar-refractivity contribution in [3.05, 3.63) is 0 Å². The second kappa shape index (κ2) is 6.50. The summed E-state index contributed by atoms with van der Waals surface area (Å²) in [6, 6.07) is 0. The number of alkyl halides is 7. The van der Waals surface area contributed by atoms with Gasteiger partial charge in [-0.25, -0.2) is 0 Å². The normalized spacial score (nSPS) is 16.8.